The third kappa shape index (κ3) is 7.49. The third-order valence-electron chi connectivity index (χ3n) is 3.26. The summed E-state index contributed by atoms with van der Waals surface area (Å²) in [5.41, 5.74) is 6.64. The molecule has 0 radical (unpaired) electrons. The van der Waals surface area contributed by atoms with Crippen LogP contribution in [0.25, 0.3) is 0 Å². The van der Waals surface area contributed by atoms with Gasteiger partial charge in [-0.05, 0) is 37.5 Å². The van der Waals surface area contributed by atoms with Crippen LogP contribution < -0.4 is 10.5 Å². The van der Waals surface area contributed by atoms with Gasteiger partial charge in [-0.2, -0.15) is 0 Å². The number of nitrogens with two attached hydrogens (primary N) is 1. The average molecular weight is 281 g/mol. The predicted octanol–water partition coefficient (Wildman–Crippen LogP) is 4.45. The Kier molecular flexibility index (Phi) is 8.28. The van der Waals surface area contributed by atoms with Gasteiger partial charge in [-0.15, -0.1) is 0 Å². The van der Waals surface area contributed by atoms with Crippen molar-refractivity contribution < 1.29 is 9.13 Å². The molecule has 1 unspecified atom stereocenters. The first-order valence-corrected chi connectivity index (χ1v) is 7.79. The van der Waals surface area contributed by atoms with Gasteiger partial charge in [-0.3, -0.25) is 0 Å². The van der Waals surface area contributed by atoms with Gasteiger partial charge in [-0.1, -0.05) is 39.0 Å². The van der Waals surface area contributed by atoms with E-state index in [2.05, 4.69) is 6.92 Å². The molecule has 2 nitrogen and oxygen atoms in total. The number of rotatable bonds is 10. The minimum atomic E-state index is -0.249. The van der Waals surface area contributed by atoms with Crippen molar-refractivity contribution in [3.63, 3.8) is 0 Å². The lowest BCUT2D eigenvalue weighted by molar-refractivity contribution is 0.302. The Balaban J connectivity index is 2.30. The molecule has 1 atom stereocenters. The summed E-state index contributed by atoms with van der Waals surface area (Å²) in [6.45, 7) is 4.79. The van der Waals surface area contributed by atoms with Crippen LogP contribution in [-0.2, 0) is 6.42 Å². The fourth-order valence-corrected chi connectivity index (χ4v) is 2.27. The van der Waals surface area contributed by atoms with E-state index in [0.29, 0.717) is 18.8 Å². The zero-order chi connectivity index (χ0) is 14.8. The molecule has 0 amide bonds. The Hall–Kier alpha value is -1.09. The lowest BCUT2D eigenvalue weighted by Crippen LogP contribution is -2.17. The first-order chi connectivity index (χ1) is 9.61. The van der Waals surface area contributed by atoms with Crippen LogP contribution in [0.2, 0.25) is 0 Å². The molecule has 1 aromatic rings. The third-order valence-corrected chi connectivity index (χ3v) is 3.26. The number of hydrogen-bond donors (Lipinski definition) is 1. The van der Waals surface area contributed by atoms with Crippen LogP contribution in [0.1, 0.15) is 57.9 Å². The topological polar surface area (TPSA) is 35.2 Å². The molecule has 2 N–H and O–H groups in total. The fourth-order valence-electron chi connectivity index (χ4n) is 2.27. The summed E-state index contributed by atoms with van der Waals surface area (Å²) < 4.78 is 19.1. The van der Waals surface area contributed by atoms with E-state index in [4.69, 9.17) is 10.5 Å². The molecule has 0 aromatic heterocycles. The zero-order valence-electron chi connectivity index (χ0n) is 12.8. The van der Waals surface area contributed by atoms with Gasteiger partial charge < -0.3 is 10.5 Å². The number of benzene rings is 1. The minimum absolute atomic E-state index is 0.0308. The van der Waals surface area contributed by atoms with Gasteiger partial charge in [0, 0.05) is 12.1 Å². The second-order valence-corrected chi connectivity index (χ2v) is 5.59. The van der Waals surface area contributed by atoms with Crippen LogP contribution in [-0.4, -0.2) is 12.6 Å². The molecule has 0 aliphatic heterocycles. The molecular weight excluding hydrogens is 253 g/mol. The largest absolute Gasteiger partial charge is 0.493 e. The maximum absolute atomic E-state index is 13.5. The number of ether oxygens (including phenoxy) is 1. The van der Waals surface area contributed by atoms with Crippen LogP contribution in [0, 0.1) is 5.82 Å². The molecule has 0 saturated carbocycles. The summed E-state index contributed by atoms with van der Waals surface area (Å²) in [4.78, 5) is 0. The first kappa shape index (κ1) is 17.0. The first-order valence-electron chi connectivity index (χ1n) is 7.79. The van der Waals surface area contributed by atoms with Crippen LogP contribution in [0.15, 0.2) is 18.2 Å². The van der Waals surface area contributed by atoms with Gasteiger partial charge >= 0.3 is 0 Å². The highest BCUT2D eigenvalue weighted by Crippen LogP contribution is 2.18. The van der Waals surface area contributed by atoms with Gasteiger partial charge in [0.25, 0.3) is 0 Å². The van der Waals surface area contributed by atoms with Crippen molar-refractivity contribution in [1.29, 1.82) is 0 Å². The fraction of sp³-hybridized carbons (Fsp3) is 0.647. The van der Waals surface area contributed by atoms with E-state index in [0.717, 1.165) is 12.0 Å². The molecule has 1 aromatic carbocycles. The molecule has 0 spiro atoms. The van der Waals surface area contributed by atoms with Crippen LogP contribution in [0.4, 0.5) is 4.39 Å². The summed E-state index contributed by atoms with van der Waals surface area (Å²) in [7, 11) is 0. The van der Waals surface area contributed by atoms with E-state index in [1.54, 1.807) is 0 Å². The highest BCUT2D eigenvalue weighted by Gasteiger charge is 2.04. The van der Waals surface area contributed by atoms with Gasteiger partial charge in [0.15, 0.2) is 0 Å². The normalized spacial score (nSPS) is 12.4. The van der Waals surface area contributed by atoms with E-state index < -0.39 is 0 Å². The van der Waals surface area contributed by atoms with Gasteiger partial charge in [-0.25, -0.2) is 4.39 Å². The van der Waals surface area contributed by atoms with Crippen LogP contribution in [0.5, 0.6) is 5.75 Å². The van der Waals surface area contributed by atoms with Gasteiger partial charge in [0.05, 0.1) is 6.61 Å². The Morgan fingerprint density at radius 2 is 1.80 bits per heavy atom. The lowest BCUT2D eigenvalue weighted by Gasteiger charge is -2.10. The Bertz CT molecular complexity index is 379. The van der Waals surface area contributed by atoms with E-state index in [1.165, 1.54) is 44.2 Å². The van der Waals surface area contributed by atoms with Crippen molar-refractivity contribution in [3.05, 3.63) is 29.6 Å². The molecular formula is C17H28FNO. The van der Waals surface area contributed by atoms with E-state index in [1.807, 2.05) is 13.0 Å². The van der Waals surface area contributed by atoms with Crippen molar-refractivity contribution in [2.45, 2.75) is 64.8 Å². The van der Waals surface area contributed by atoms with E-state index in [-0.39, 0.29) is 11.9 Å². The zero-order valence-corrected chi connectivity index (χ0v) is 12.8. The minimum Gasteiger partial charge on any atom is -0.493 e. The van der Waals surface area contributed by atoms with Crippen molar-refractivity contribution >= 4 is 0 Å². The number of unbranched alkanes of at least 4 members (excludes halogenated alkanes) is 5. The predicted molar refractivity (Wildman–Crippen MR) is 82.6 cm³/mol. The van der Waals surface area contributed by atoms with Gasteiger partial charge in [0.2, 0.25) is 0 Å². The summed E-state index contributed by atoms with van der Waals surface area (Å²) in [6, 6.07) is 4.90. The number of halogens is 1. The summed E-state index contributed by atoms with van der Waals surface area (Å²) in [5.74, 6) is 0.371. The standard InChI is InChI=1S/C17H28FNO/c1-3-4-5-6-7-8-9-20-17-12-15(10-14(2)19)11-16(18)13-17/h11-14H,3-10,19H2,1-2H3. The van der Waals surface area contributed by atoms with Crippen LogP contribution >= 0.6 is 0 Å². The molecule has 0 aliphatic carbocycles. The van der Waals surface area contributed by atoms with Crippen molar-refractivity contribution in [1.82, 2.24) is 0 Å². The molecule has 20 heavy (non-hydrogen) atoms. The average Bonchev–Trinajstić information content (AvgIpc) is 2.36. The maximum atomic E-state index is 13.5. The van der Waals surface area contributed by atoms with Gasteiger partial charge in [0.1, 0.15) is 11.6 Å². The smallest absolute Gasteiger partial charge is 0.127 e. The Morgan fingerprint density at radius 3 is 2.50 bits per heavy atom. The molecule has 1 rings (SSSR count). The maximum Gasteiger partial charge on any atom is 0.127 e. The molecule has 0 fully saturated rings. The molecule has 0 aliphatic rings. The van der Waals surface area contributed by atoms with Crippen molar-refractivity contribution in [2.75, 3.05) is 6.61 Å². The SMILES string of the molecule is CCCCCCCCOc1cc(F)cc(CC(C)N)c1. The molecule has 0 saturated heterocycles. The Labute approximate surface area is 122 Å². The highest BCUT2D eigenvalue weighted by atomic mass is 19.1. The summed E-state index contributed by atoms with van der Waals surface area (Å²) in [5, 5.41) is 0. The Morgan fingerprint density at radius 1 is 1.10 bits per heavy atom. The molecule has 0 bridgehead atoms. The van der Waals surface area contributed by atoms with E-state index >= 15 is 0 Å². The summed E-state index contributed by atoms with van der Waals surface area (Å²) in [6.07, 6.45) is 8.02. The molecule has 3 heteroatoms. The number of hydrogen-bond acceptors (Lipinski definition) is 2. The van der Waals surface area contributed by atoms with E-state index in [9.17, 15) is 4.39 Å². The molecule has 114 valence electrons. The van der Waals surface area contributed by atoms with Crippen molar-refractivity contribution in [3.8, 4) is 5.75 Å². The monoisotopic (exact) mass is 281 g/mol. The quantitative estimate of drug-likeness (QED) is 0.643. The summed E-state index contributed by atoms with van der Waals surface area (Å²) >= 11 is 0. The highest BCUT2D eigenvalue weighted by molar-refractivity contribution is 5.30. The lowest BCUT2D eigenvalue weighted by atomic mass is 10.1. The second kappa shape index (κ2) is 9.76. The van der Waals surface area contributed by atoms with Crippen molar-refractivity contribution in [2.24, 2.45) is 5.73 Å². The second-order valence-electron chi connectivity index (χ2n) is 5.59. The molecule has 0 heterocycles. The van der Waals surface area contributed by atoms with Crippen LogP contribution in [0.3, 0.4) is 0 Å².